The third-order valence-electron chi connectivity index (χ3n) is 5.39. The van der Waals surface area contributed by atoms with Crippen molar-refractivity contribution in [2.45, 2.75) is 45.7 Å². The lowest BCUT2D eigenvalue weighted by atomic mass is 9.83. The number of allylic oxidation sites excluding steroid dienone is 4. The van der Waals surface area contributed by atoms with E-state index in [-0.39, 0.29) is 34.9 Å². The van der Waals surface area contributed by atoms with Crippen molar-refractivity contribution in [3.8, 4) is 6.07 Å². The Morgan fingerprint density at radius 3 is 2.56 bits per heavy atom. The van der Waals surface area contributed by atoms with E-state index in [1.807, 2.05) is 6.07 Å². The fourth-order valence-corrected chi connectivity index (χ4v) is 3.49. The normalized spacial score (nSPS) is 13.9. The number of alkyl halides is 3. The topological polar surface area (TPSA) is 117 Å². The number of aromatic nitrogens is 2. The largest absolute Gasteiger partial charge is 0.490 e. The molecular weight excluding hydrogens is 475 g/mol. The number of carbonyl (C=O) groups excluding carboxylic acids is 2. The van der Waals surface area contributed by atoms with E-state index >= 15 is 0 Å². The zero-order valence-electron chi connectivity index (χ0n) is 20.1. The molecule has 0 spiro atoms. The van der Waals surface area contributed by atoms with E-state index in [1.54, 1.807) is 26.0 Å². The van der Waals surface area contributed by atoms with Crippen LogP contribution in [0.4, 0.5) is 29.3 Å². The van der Waals surface area contributed by atoms with Gasteiger partial charge in [-0.2, -0.15) is 18.4 Å². The van der Waals surface area contributed by atoms with Crippen LogP contribution in [-0.2, 0) is 21.1 Å². The number of anilines is 2. The summed E-state index contributed by atoms with van der Waals surface area (Å²) in [6.45, 7) is 6.51. The van der Waals surface area contributed by atoms with E-state index in [1.165, 1.54) is 32.2 Å². The van der Waals surface area contributed by atoms with Crippen molar-refractivity contribution in [2.75, 3.05) is 17.2 Å². The second kappa shape index (κ2) is 10.2. The van der Waals surface area contributed by atoms with Crippen molar-refractivity contribution in [1.82, 2.24) is 9.97 Å². The summed E-state index contributed by atoms with van der Waals surface area (Å²) in [7, 11) is 0. The molecule has 11 heteroatoms. The van der Waals surface area contributed by atoms with Crippen LogP contribution in [0, 0.1) is 18.3 Å². The van der Waals surface area contributed by atoms with E-state index in [9.17, 15) is 28.0 Å². The third kappa shape index (κ3) is 5.89. The smallest absolute Gasteiger partial charge is 0.416 e. The van der Waals surface area contributed by atoms with Crippen LogP contribution >= 0.6 is 0 Å². The van der Waals surface area contributed by atoms with Gasteiger partial charge in [0.05, 0.1) is 41.2 Å². The molecule has 1 aromatic carbocycles. The first-order chi connectivity index (χ1) is 16.9. The summed E-state index contributed by atoms with van der Waals surface area (Å²) >= 11 is 0. The molecule has 1 aliphatic rings. The number of halogens is 3. The fourth-order valence-electron chi connectivity index (χ4n) is 3.49. The van der Waals surface area contributed by atoms with Gasteiger partial charge in [0.15, 0.2) is 11.6 Å². The van der Waals surface area contributed by atoms with E-state index in [2.05, 4.69) is 20.6 Å². The van der Waals surface area contributed by atoms with Crippen molar-refractivity contribution < 1.29 is 27.5 Å². The molecule has 2 amide bonds. The Labute approximate surface area is 205 Å². The highest BCUT2D eigenvalue weighted by Gasteiger charge is 2.38. The Kier molecular flexibility index (Phi) is 7.48. The third-order valence-corrected chi connectivity index (χ3v) is 5.39. The van der Waals surface area contributed by atoms with Gasteiger partial charge >= 0.3 is 12.2 Å². The number of amides is 2. The molecule has 1 aliphatic carbocycles. The molecule has 0 radical (unpaired) electrons. The van der Waals surface area contributed by atoms with Crippen molar-refractivity contribution in [3.63, 3.8) is 0 Å². The standard InChI is InChI=1S/C25H24F3N5O3/c1-5-36-21-10-15(6-9-20(21)34)22-30-12-19(14(2)31-22)33-23(35)32-16-7-8-17(24(3,4)13-29)18(11-16)25(26,27)28/h6-8,10-12H,5,9H2,1-4H3,(H2,32,33,35). The number of nitriles is 1. The molecule has 0 saturated heterocycles. The average Bonchev–Trinajstić information content (AvgIpc) is 2.81. The highest BCUT2D eigenvalue weighted by Crippen LogP contribution is 2.39. The van der Waals surface area contributed by atoms with E-state index in [0.717, 1.165) is 6.07 Å². The van der Waals surface area contributed by atoms with Crippen molar-refractivity contribution in [2.24, 2.45) is 0 Å². The lowest BCUT2D eigenvalue weighted by molar-refractivity contribution is -0.138. The molecule has 2 N–H and O–H groups in total. The number of carbonyl (C=O) groups is 2. The molecule has 0 atom stereocenters. The molecule has 0 bridgehead atoms. The van der Waals surface area contributed by atoms with Crippen molar-refractivity contribution in [1.29, 1.82) is 5.26 Å². The number of rotatable bonds is 6. The van der Waals surface area contributed by atoms with Gasteiger partial charge in [0.2, 0.25) is 5.78 Å². The van der Waals surface area contributed by atoms with Crippen LogP contribution in [0.2, 0.25) is 0 Å². The Hall–Kier alpha value is -4.20. The Morgan fingerprint density at radius 1 is 1.22 bits per heavy atom. The summed E-state index contributed by atoms with van der Waals surface area (Å²) in [5, 5.41) is 14.1. The monoisotopic (exact) mass is 499 g/mol. The minimum atomic E-state index is -4.72. The van der Waals surface area contributed by atoms with Gasteiger partial charge in [0.1, 0.15) is 0 Å². The second-order valence-corrected chi connectivity index (χ2v) is 8.50. The van der Waals surface area contributed by atoms with Crippen LogP contribution in [0.15, 0.2) is 42.3 Å². The maximum Gasteiger partial charge on any atom is 0.416 e. The summed E-state index contributed by atoms with van der Waals surface area (Å²) < 4.78 is 46.2. The van der Waals surface area contributed by atoms with E-state index < -0.39 is 23.2 Å². The highest BCUT2D eigenvalue weighted by molar-refractivity contribution is 6.01. The number of aryl methyl sites for hydroxylation is 1. The maximum atomic E-state index is 13.6. The van der Waals surface area contributed by atoms with E-state index in [0.29, 0.717) is 23.7 Å². The number of Topliss-reactive ketones (excluding diaryl/α,β-unsaturated/α-hetero) is 1. The number of benzene rings is 1. The molecule has 36 heavy (non-hydrogen) atoms. The molecule has 1 aromatic heterocycles. The molecule has 0 aliphatic heterocycles. The Morgan fingerprint density at radius 2 is 1.94 bits per heavy atom. The summed E-state index contributed by atoms with van der Waals surface area (Å²) in [5.41, 5.74) is -1.42. The number of hydrogen-bond donors (Lipinski definition) is 2. The molecule has 0 fully saturated rings. The number of ether oxygens (including phenoxy) is 1. The SMILES string of the molecule is CCOC1=CC(c2ncc(NC(=O)Nc3ccc(C(C)(C)C#N)c(C(F)(F)F)c3)c(C)n2)=CCC1=O. The van der Waals surface area contributed by atoms with Gasteiger partial charge in [0, 0.05) is 17.7 Å². The van der Waals surface area contributed by atoms with E-state index in [4.69, 9.17) is 4.74 Å². The van der Waals surface area contributed by atoms with Gasteiger partial charge < -0.3 is 15.4 Å². The molecule has 3 rings (SSSR count). The fraction of sp³-hybridized carbons (Fsp3) is 0.320. The summed E-state index contributed by atoms with van der Waals surface area (Å²) in [6, 6.07) is 4.34. The van der Waals surface area contributed by atoms with Crippen LogP contribution in [-0.4, -0.2) is 28.4 Å². The van der Waals surface area contributed by atoms with Gasteiger partial charge in [-0.1, -0.05) is 12.1 Å². The minimum Gasteiger partial charge on any atom is -0.490 e. The van der Waals surface area contributed by atoms with Gasteiger partial charge in [-0.15, -0.1) is 0 Å². The van der Waals surface area contributed by atoms with Crippen molar-refractivity contribution in [3.05, 3.63) is 65.0 Å². The number of hydrogen-bond acceptors (Lipinski definition) is 6. The lowest BCUT2D eigenvalue weighted by Gasteiger charge is -2.22. The Bertz CT molecular complexity index is 1310. The van der Waals surface area contributed by atoms with Crippen molar-refractivity contribution >= 4 is 28.8 Å². The first-order valence-corrected chi connectivity index (χ1v) is 11.0. The molecule has 188 valence electrons. The lowest BCUT2D eigenvalue weighted by Crippen LogP contribution is -2.23. The first-order valence-electron chi connectivity index (χ1n) is 11.0. The van der Waals surface area contributed by atoms with Crippen LogP contribution in [0.1, 0.15) is 49.8 Å². The van der Waals surface area contributed by atoms with Crippen LogP contribution < -0.4 is 10.6 Å². The molecule has 8 nitrogen and oxygen atoms in total. The number of nitrogens with one attached hydrogen (secondary N) is 2. The average molecular weight is 499 g/mol. The zero-order chi connectivity index (χ0) is 26.7. The quantitative estimate of drug-likeness (QED) is 0.540. The number of ketones is 1. The summed E-state index contributed by atoms with van der Waals surface area (Å²) in [5.74, 6) is 0.402. The predicted molar refractivity (Wildman–Crippen MR) is 127 cm³/mol. The maximum absolute atomic E-state index is 13.6. The second-order valence-electron chi connectivity index (χ2n) is 8.50. The van der Waals surface area contributed by atoms with Gasteiger partial charge in [0.25, 0.3) is 0 Å². The van der Waals surface area contributed by atoms with Gasteiger partial charge in [-0.05, 0) is 51.5 Å². The van der Waals surface area contributed by atoms with Crippen LogP contribution in [0.5, 0.6) is 0 Å². The number of urea groups is 1. The predicted octanol–water partition coefficient (Wildman–Crippen LogP) is 5.53. The number of nitrogens with zero attached hydrogens (tertiary/aromatic N) is 3. The Balaban J connectivity index is 1.78. The van der Waals surface area contributed by atoms with Crippen LogP contribution in [0.25, 0.3) is 5.57 Å². The summed E-state index contributed by atoms with van der Waals surface area (Å²) in [6.07, 6.45) is 0.0275. The first kappa shape index (κ1) is 26.4. The molecule has 0 unspecified atom stereocenters. The summed E-state index contributed by atoms with van der Waals surface area (Å²) in [4.78, 5) is 33.0. The zero-order valence-corrected chi connectivity index (χ0v) is 20.1. The molecule has 0 saturated carbocycles. The van der Waals surface area contributed by atoms with Gasteiger partial charge in [-0.3, -0.25) is 4.79 Å². The molecule has 2 aromatic rings. The highest BCUT2D eigenvalue weighted by atomic mass is 19.4. The minimum absolute atomic E-state index is 0.0990. The molecular formula is C25H24F3N5O3. The molecule has 1 heterocycles. The van der Waals surface area contributed by atoms with Gasteiger partial charge in [-0.25, -0.2) is 14.8 Å². The van der Waals surface area contributed by atoms with Crippen LogP contribution in [0.3, 0.4) is 0 Å².